The average Bonchev–Trinajstić information content (AvgIpc) is 2.41. The number of aliphatic hydroxyl groups is 1. The van der Waals surface area contributed by atoms with Crippen LogP contribution in [-0.2, 0) is 6.42 Å². The van der Waals surface area contributed by atoms with Gasteiger partial charge in [0.2, 0.25) is 0 Å². The molecule has 1 N–H and O–H groups in total. The van der Waals surface area contributed by atoms with E-state index in [-0.39, 0.29) is 0 Å². The van der Waals surface area contributed by atoms with Gasteiger partial charge in [0, 0.05) is 8.04 Å². The first-order chi connectivity index (χ1) is 9.47. The minimum Gasteiger partial charge on any atom is -0.384 e. The van der Waals surface area contributed by atoms with Crippen molar-refractivity contribution in [2.24, 2.45) is 5.92 Å². The Kier molecular flexibility index (Phi) is 5.64. The van der Waals surface area contributed by atoms with Crippen molar-refractivity contribution in [3.8, 4) is 0 Å². The Morgan fingerprint density at radius 2 is 1.75 bits per heavy atom. The van der Waals surface area contributed by atoms with Gasteiger partial charge in [-0.2, -0.15) is 0 Å². The first-order valence-corrected chi connectivity index (χ1v) is 8.56. The van der Waals surface area contributed by atoms with Crippen LogP contribution in [0.2, 0.25) is 0 Å². The van der Waals surface area contributed by atoms with Gasteiger partial charge in [-0.05, 0) is 69.8 Å². The highest BCUT2D eigenvalue weighted by molar-refractivity contribution is 14.1. The van der Waals surface area contributed by atoms with Gasteiger partial charge in [0.25, 0.3) is 0 Å². The van der Waals surface area contributed by atoms with Gasteiger partial charge < -0.3 is 5.11 Å². The predicted octanol–water partition coefficient (Wildman–Crippen LogP) is 5.33. The number of hydrogen-bond donors (Lipinski definition) is 1. The predicted molar refractivity (Wildman–Crippen MR) is 95.9 cm³/mol. The fourth-order valence-electron chi connectivity index (χ4n) is 2.21. The van der Waals surface area contributed by atoms with Crippen LogP contribution in [0.1, 0.15) is 36.6 Å². The van der Waals surface area contributed by atoms with Gasteiger partial charge in [-0.25, -0.2) is 0 Å². The van der Waals surface area contributed by atoms with Crippen LogP contribution in [0, 0.1) is 9.49 Å². The highest BCUT2D eigenvalue weighted by Gasteiger charge is 2.14. The number of benzene rings is 2. The molecular formula is C17H18BrIO. The van der Waals surface area contributed by atoms with E-state index in [9.17, 15) is 5.11 Å². The highest BCUT2D eigenvalue weighted by Crippen LogP contribution is 2.29. The molecule has 1 nitrogen and oxygen atoms in total. The van der Waals surface area contributed by atoms with Gasteiger partial charge in [0.1, 0.15) is 6.10 Å². The van der Waals surface area contributed by atoms with E-state index in [0.29, 0.717) is 5.92 Å². The van der Waals surface area contributed by atoms with E-state index in [4.69, 9.17) is 0 Å². The fraction of sp³-hybridized carbons (Fsp3) is 0.294. The van der Waals surface area contributed by atoms with Crippen molar-refractivity contribution in [1.29, 1.82) is 0 Å². The monoisotopic (exact) mass is 444 g/mol. The lowest BCUT2D eigenvalue weighted by Crippen LogP contribution is -2.03. The lowest BCUT2D eigenvalue weighted by molar-refractivity contribution is 0.219. The minimum atomic E-state index is -0.576. The van der Waals surface area contributed by atoms with Crippen LogP contribution >= 0.6 is 38.5 Å². The number of aliphatic hydroxyl groups excluding tert-OH is 1. The third-order valence-electron chi connectivity index (χ3n) is 3.19. The Morgan fingerprint density at radius 1 is 1.10 bits per heavy atom. The van der Waals surface area contributed by atoms with E-state index in [1.807, 2.05) is 30.3 Å². The Hall–Kier alpha value is -0.390. The molecule has 0 aliphatic rings. The Balaban J connectivity index is 2.24. The number of halogens is 2. The van der Waals surface area contributed by atoms with E-state index < -0.39 is 6.10 Å². The molecule has 0 heterocycles. The molecule has 1 atom stereocenters. The van der Waals surface area contributed by atoms with Crippen LogP contribution in [0.5, 0.6) is 0 Å². The van der Waals surface area contributed by atoms with Crippen molar-refractivity contribution in [3.05, 3.63) is 67.2 Å². The second-order valence-corrected chi connectivity index (χ2v) is 7.49. The van der Waals surface area contributed by atoms with Crippen LogP contribution in [-0.4, -0.2) is 5.11 Å². The largest absolute Gasteiger partial charge is 0.384 e. The zero-order valence-electron chi connectivity index (χ0n) is 11.6. The zero-order valence-corrected chi connectivity index (χ0v) is 15.3. The van der Waals surface area contributed by atoms with Crippen LogP contribution in [0.3, 0.4) is 0 Å². The van der Waals surface area contributed by atoms with Gasteiger partial charge in [0.15, 0.2) is 0 Å². The fourth-order valence-corrected chi connectivity index (χ4v) is 3.22. The van der Waals surface area contributed by atoms with E-state index in [1.165, 1.54) is 5.56 Å². The maximum atomic E-state index is 10.5. The Morgan fingerprint density at radius 3 is 2.35 bits per heavy atom. The van der Waals surface area contributed by atoms with Crippen molar-refractivity contribution in [2.75, 3.05) is 0 Å². The molecule has 0 amide bonds. The van der Waals surface area contributed by atoms with Crippen molar-refractivity contribution in [1.82, 2.24) is 0 Å². The van der Waals surface area contributed by atoms with E-state index in [1.54, 1.807) is 0 Å². The molecule has 0 aliphatic carbocycles. The smallest absolute Gasteiger partial charge is 0.105 e. The van der Waals surface area contributed by atoms with E-state index in [0.717, 1.165) is 25.6 Å². The molecule has 0 aliphatic heterocycles. The molecule has 0 fully saturated rings. The summed E-state index contributed by atoms with van der Waals surface area (Å²) in [4.78, 5) is 0. The van der Waals surface area contributed by atoms with Crippen molar-refractivity contribution < 1.29 is 5.11 Å². The van der Waals surface area contributed by atoms with Crippen LogP contribution in [0.15, 0.2) is 46.9 Å². The van der Waals surface area contributed by atoms with Crippen LogP contribution in [0.25, 0.3) is 0 Å². The first kappa shape index (κ1) is 16.0. The maximum absolute atomic E-state index is 10.5. The maximum Gasteiger partial charge on any atom is 0.105 e. The third kappa shape index (κ3) is 4.06. The van der Waals surface area contributed by atoms with Gasteiger partial charge in [-0.1, -0.05) is 54.0 Å². The normalized spacial score (nSPS) is 12.7. The summed E-state index contributed by atoms with van der Waals surface area (Å²) in [6.45, 7) is 4.43. The van der Waals surface area contributed by atoms with Gasteiger partial charge >= 0.3 is 0 Å². The topological polar surface area (TPSA) is 20.2 Å². The lowest BCUT2D eigenvalue weighted by Gasteiger charge is -2.15. The third-order valence-corrected chi connectivity index (χ3v) is 4.67. The molecule has 0 saturated carbocycles. The standard InChI is InChI=1S/C17H18BrIO/c1-11(2)9-12-3-5-13(6-4-12)17(20)15-10-14(18)7-8-16(15)19/h3-8,10-11,17,20H,9H2,1-2H3. The average molecular weight is 445 g/mol. The van der Waals surface area contributed by atoms with E-state index in [2.05, 4.69) is 64.5 Å². The number of rotatable bonds is 4. The molecule has 2 aromatic carbocycles. The second kappa shape index (κ2) is 7.05. The molecule has 1 unspecified atom stereocenters. The van der Waals surface area contributed by atoms with Crippen molar-refractivity contribution in [3.63, 3.8) is 0 Å². The van der Waals surface area contributed by atoms with E-state index >= 15 is 0 Å². The summed E-state index contributed by atoms with van der Waals surface area (Å²) in [5.41, 5.74) is 3.20. The van der Waals surface area contributed by atoms with Crippen LogP contribution in [0.4, 0.5) is 0 Å². The summed E-state index contributed by atoms with van der Waals surface area (Å²) < 4.78 is 2.06. The summed E-state index contributed by atoms with van der Waals surface area (Å²) in [6, 6.07) is 14.3. The van der Waals surface area contributed by atoms with Crippen LogP contribution < -0.4 is 0 Å². The van der Waals surface area contributed by atoms with Gasteiger partial charge in [-0.15, -0.1) is 0 Å². The van der Waals surface area contributed by atoms with Gasteiger partial charge in [0.05, 0.1) is 0 Å². The molecule has 2 aromatic rings. The summed E-state index contributed by atoms with van der Waals surface area (Å²) in [5.74, 6) is 0.650. The molecule has 3 heteroatoms. The molecule has 0 bridgehead atoms. The summed E-state index contributed by atoms with van der Waals surface area (Å²) in [6.07, 6.45) is 0.498. The van der Waals surface area contributed by atoms with Crippen molar-refractivity contribution >= 4 is 38.5 Å². The molecule has 20 heavy (non-hydrogen) atoms. The summed E-state index contributed by atoms with van der Waals surface area (Å²) in [5, 5.41) is 10.5. The zero-order chi connectivity index (χ0) is 14.7. The first-order valence-electron chi connectivity index (χ1n) is 6.69. The van der Waals surface area contributed by atoms with Crippen molar-refractivity contribution in [2.45, 2.75) is 26.4 Å². The second-order valence-electron chi connectivity index (χ2n) is 5.41. The molecular weight excluding hydrogens is 427 g/mol. The summed E-state index contributed by atoms with van der Waals surface area (Å²) >= 11 is 5.72. The quantitative estimate of drug-likeness (QED) is 0.631. The molecule has 0 saturated heterocycles. The van der Waals surface area contributed by atoms with Gasteiger partial charge in [-0.3, -0.25) is 0 Å². The SMILES string of the molecule is CC(C)Cc1ccc(C(O)c2cc(Br)ccc2I)cc1. The molecule has 2 rings (SSSR count). The molecule has 106 valence electrons. The highest BCUT2D eigenvalue weighted by atomic mass is 127. The molecule has 0 radical (unpaired) electrons. The minimum absolute atomic E-state index is 0.576. The Bertz CT molecular complexity index is 578. The lowest BCUT2D eigenvalue weighted by atomic mass is 9.97. The number of hydrogen-bond acceptors (Lipinski definition) is 1. The molecule has 0 spiro atoms. The summed E-state index contributed by atoms with van der Waals surface area (Å²) in [7, 11) is 0. The molecule has 0 aromatic heterocycles. The Labute approximate surface area is 142 Å².